The van der Waals surface area contributed by atoms with Gasteiger partial charge in [0.15, 0.2) is 0 Å². The zero-order valence-electron chi connectivity index (χ0n) is 25.6. The van der Waals surface area contributed by atoms with E-state index >= 15 is 0 Å². The first-order valence-corrected chi connectivity index (χ1v) is 15.3. The summed E-state index contributed by atoms with van der Waals surface area (Å²) in [5.41, 5.74) is 0.429. The number of rotatable bonds is 9. The molecule has 45 heavy (non-hydrogen) atoms. The van der Waals surface area contributed by atoms with E-state index in [-0.39, 0.29) is 23.2 Å². The number of ether oxygens (including phenoxy) is 3. The Hall–Kier alpha value is -4.42. The summed E-state index contributed by atoms with van der Waals surface area (Å²) in [6.45, 7) is 6.66. The van der Waals surface area contributed by atoms with Gasteiger partial charge in [-0.05, 0) is 107 Å². The Morgan fingerprint density at radius 1 is 0.867 bits per heavy atom. The van der Waals surface area contributed by atoms with Gasteiger partial charge in [-0.2, -0.15) is 5.10 Å². The van der Waals surface area contributed by atoms with E-state index in [0.29, 0.717) is 47.0 Å². The molecular weight excluding hydrogens is 644 g/mol. The predicted molar refractivity (Wildman–Crippen MR) is 172 cm³/mol. The molecule has 0 radical (unpaired) electrons. The van der Waals surface area contributed by atoms with E-state index in [1.54, 1.807) is 42.5 Å². The van der Waals surface area contributed by atoms with Crippen molar-refractivity contribution in [2.75, 3.05) is 0 Å². The molecule has 3 aromatic carbocycles. The topological polar surface area (TPSA) is 139 Å². The van der Waals surface area contributed by atoms with Gasteiger partial charge in [0.1, 0.15) is 28.6 Å². The van der Waals surface area contributed by atoms with Crippen molar-refractivity contribution in [3.05, 3.63) is 82.3 Å². The second kappa shape index (κ2) is 15.0. The Morgan fingerprint density at radius 3 is 2.04 bits per heavy atom. The van der Waals surface area contributed by atoms with Crippen LogP contribution in [0.25, 0.3) is 0 Å². The highest BCUT2D eigenvalue weighted by Gasteiger charge is 2.26. The van der Waals surface area contributed by atoms with Crippen LogP contribution in [0.4, 0.5) is 4.79 Å². The first-order chi connectivity index (χ1) is 21.3. The highest BCUT2D eigenvalue weighted by molar-refractivity contribution is 9.10. The van der Waals surface area contributed by atoms with Crippen LogP contribution in [0.1, 0.15) is 69.3 Å². The minimum absolute atomic E-state index is 0.00991. The lowest BCUT2D eigenvalue weighted by Gasteiger charge is -2.30. The van der Waals surface area contributed by atoms with Gasteiger partial charge in [0.05, 0.1) is 6.21 Å². The van der Waals surface area contributed by atoms with E-state index in [1.807, 2.05) is 45.0 Å². The van der Waals surface area contributed by atoms with Gasteiger partial charge in [0.2, 0.25) is 0 Å². The summed E-state index contributed by atoms with van der Waals surface area (Å²) in [6, 6.07) is 19.1. The van der Waals surface area contributed by atoms with Crippen LogP contribution in [-0.4, -0.2) is 52.2 Å². The van der Waals surface area contributed by atoms with Gasteiger partial charge >= 0.3 is 6.09 Å². The van der Waals surface area contributed by atoms with E-state index in [9.17, 15) is 19.6 Å². The molecule has 3 amide bonds. The Morgan fingerprint density at radius 2 is 1.47 bits per heavy atom. The van der Waals surface area contributed by atoms with Crippen molar-refractivity contribution >= 4 is 40.1 Å². The van der Waals surface area contributed by atoms with Crippen molar-refractivity contribution in [2.24, 2.45) is 5.10 Å². The van der Waals surface area contributed by atoms with Crippen molar-refractivity contribution in [3.8, 4) is 23.0 Å². The number of benzene rings is 3. The summed E-state index contributed by atoms with van der Waals surface area (Å²) < 4.78 is 18.4. The number of nitrogens with zero attached hydrogens (tertiary/aromatic N) is 2. The highest BCUT2D eigenvalue weighted by Crippen LogP contribution is 2.32. The molecule has 0 heterocycles. The summed E-state index contributed by atoms with van der Waals surface area (Å²) in [5.74, 6) is 0.985. The molecule has 0 aromatic heterocycles. The Kier molecular flexibility index (Phi) is 11.2. The third-order valence-electron chi connectivity index (χ3n) is 6.67. The fourth-order valence-corrected chi connectivity index (χ4v) is 4.95. The Bertz CT molecular complexity index is 1530. The van der Waals surface area contributed by atoms with Crippen LogP contribution in [0.5, 0.6) is 23.0 Å². The van der Waals surface area contributed by atoms with Gasteiger partial charge in [-0.25, -0.2) is 4.79 Å². The van der Waals surface area contributed by atoms with E-state index in [1.165, 1.54) is 13.1 Å². The third-order valence-corrected chi connectivity index (χ3v) is 7.16. The molecule has 1 fully saturated rings. The lowest BCUT2D eigenvalue weighted by molar-refractivity contribution is -0.162. The molecule has 1 aliphatic carbocycles. The van der Waals surface area contributed by atoms with E-state index in [0.717, 1.165) is 17.3 Å². The molecule has 4 rings (SSSR count). The van der Waals surface area contributed by atoms with Gasteiger partial charge in [0, 0.05) is 35.1 Å². The minimum atomic E-state index is -0.612. The van der Waals surface area contributed by atoms with Crippen LogP contribution in [-0.2, 0) is 9.53 Å². The first kappa shape index (κ1) is 33.5. The van der Waals surface area contributed by atoms with E-state index < -0.39 is 17.6 Å². The number of carbonyl (C=O) groups is 3. The average molecular weight is 682 g/mol. The number of hydroxylamine groups is 1. The molecule has 0 spiro atoms. The zero-order valence-corrected chi connectivity index (χ0v) is 27.2. The summed E-state index contributed by atoms with van der Waals surface area (Å²) in [6.07, 6.45) is 3.76. The maximum Gasteiger partial charge on any atom is 0.407 e. The number of hydrogen-bond donors (Lipinski definition) is 3. The van der Waals surface area contributed by atoms with Crippen LogP contribution < -0.4 is 20.1 Å². The van der Waals surface area contributed by atoms with Crippen molar-refractivity contribution in [2.45, 2.75) is 71.1 Å². The molecule has 3 N–H and O–H groups in total. The number of alkyl carbamates (subject to hydrolysis) is 1. The van der Waals surface area contributed by atoms with Gasteiger partial charge in [-0.15, -0.1) is 5.17 Å². The second-order valence-corrected chi connectivity index (χ2v) is 12.6. The fraction of sp³-hybridized carbons (Fsp3) is 0.333. The van der Waals surface area contributed by atoms with Gasteiger partial charge in [-0.1, -0.05) is 22.0 Å². The number of hydrazone groups is 1. The lowest BCUT2D eigenvalue weighted by atomic mass is 9.91. The van der Waals surface area contributed by atoms with Gasteiger partial charge in [0.25, 0.3) is 11.8 Å². The molecule has 1 saturated carbocycles. The van der Waals surface area contributed by atoms with Crippen molar-refractivity contribution in [1.82, 2.24) is 15.8 Å². The summed E-state index contributed by atoms with van der Waals surface area (Å²) in [7, 11) is 0. The molecule has 0 atom stereocenters. The first-order valence-electron chi connectivity index (χ1n) is 14.5. The molecule has 11 nitrogen and oxygen atoms in total. The van der Waals surface area contributed by atoms with Crippen LogP contribution in [0.3, 0.4) is 0 Å². The van der Waals surface area contributed by atoms with Crippen LogP contribution in [0.15, 0.2) is 76.3 Å². The quantitative estimate of drug-likeness (QED) is 0.124. The monoisotopic (exact) mass is 680 g/mol. The number of carbonyl (C=O) groups excluding carboxylic acids is 3. The lowest BCUT2D eigenvalue weighted by Crippen LogP contribution is -2.45. The molecule has 0 aliphatic heterocycles. The van der Waals surface area contributed by atoms with E-state index in [2.05, 4.69) is 31.7 Å². The maximum absolute atomic E-state index is 13.4. The largest absolute Gasteiger partial charge is 0.457 e. The molecule has 1 aliphatic rings. The summed E-state index contributed by atoms with van der Waals surface area (Å²) in [5, 5.41) is 19.4. The number of halogens is 1. The Labute approximate surface area is 270 Å². The average Bonchev–Trinajstić information content (AvgIpc) is 2.96. The van der Waals surface area contributed by atoms with Crippen molar-refractivity contribution in [1.29, 1.82) is 0 Å². The van der Waals surface area contributed by atoms with Crippen molar-refractivity contribution in [3.63, 3.8) is 0 Å². The van der Waals surface area contributed by atoms with Crippen LogP contribution in [0.2, 0.25) is 0 Å². The smallest absolute Gasteiger partial charge is 0.407 e. The maximum atomic E-state index is 13.4. The zero-order chi connectivity index (χ0) is 32.6. The normalized spacial score (nSPS) is 16.5. The molecule has 238 valence electrons. The number of nitrogens with one attached hydrogen (secondary N) is 2. The second-order valence-electron chi connectivity index (χ2n) is 11.6. The highest BCUT2D eigenvalue weighted by atomic mass is 79.9. The van der Waals surface area contributed by atoms with E-state index in [4.69, 9.17) is 14.2 Å². The number of hydrogen-bond acceptors (Lipinski definition) is 8. The minimum Gasteiger partial charge on any atom is -0.457 e. The standard InChI is InChI=1S/C33H37BrN4O7/c1-21(39)38(42)35-20-22-8-14-27(15-9-22)43-29-16-23(17-30(19-29)44-28-7-5-6-24(34)18-28)31(40)36-25-10-12-26(13-11-25)37-32(41)45-33(2,3)4/h5-9,14-20,25-26,42H,10-13H2,1-4H3,(H,36,40)(H,37,41). The summed E-state index contributed by atoms with van der Waals surface area (Å²) in [4.78, 5) is 36.7. The van der Waals surface area contributed by atoms with Crippen LogP contribution in [0, 0.1) is 0 Å². The molecule has 0 bridgehead atoms. The van der Waals surface area contributed by atoms with Crippen molar-refractivity contribution < 1.29 is 33.8 Å². The SMILES string of the molecule is CC(=O)N(O)N=Cc1ccc(Oc2cc(Oc3cccc(Br)c3)cc(C(=O)NC3CCC(NC(=O)OC(C)(C)C)CC3)c2)cc1. The summed E-state index contributed by atoms with van der Waals surface area (Å²) >= 11 is 3.45. The molecule has 0 unspecified atom stereocenters. The molecule has 12 heteroatoms. The fourth-order valence-electron chi connectivity index (χ4n) is 4.57. The van der Waals surface area contributed by atoms with Gasteiger partial charge in [-0.3, -0.25) is 14.8 Å². The van der Waals surface area contributed by atoms with Crippen LogP contribution >= 0.6 is 15.9 Å². The third kappa shape index (κ3) is 10.9. The molecular formula is C33H37BrN4O7. The van der Waals surface area contributed by atoms with Gasteiger partial charge < -0.3 is 24.8 Å². The molecule has 3 aromatic rings. The Balaban J connectivity index is 1.45. The number of amides is 3. The predicted octanol–water partition coefficient (Wildman–Crippen LogP) is 7.17. The molecule has 0 saturated heterocycles.